The smallest absolute Gasteiger partial charge is 0.106 e. The Hall–Kier alpha value is -2.45. The van der Waals surface area contributed by atoms with Gasteiger partial charge in [0.25, 0.3) is 0 Å². The fourth-order valence-electron chi connectivity index (χ4n) is 2.14. The normalized spacial score (nSPS) is 10.3. The minimum Gasteiger partial charge on any atom is -0.326 e. The molecule has 0 saturated carbocycles. The number of pyridine rings is 1. The summed E-state index contributed by atoms with van der Waals surface area (Å²) in [6.45, 7) is 0.719. The van der Waals surface area contributed by atoms with Crippen molar-refractivity contribution in [2.75, 3.05) is 0 Å². The summed E-state index contributed by atoms with van der Waals surface area (Å²) in [5, 5.41) is 8.86. The van der Waals surface area contributed by atoms with Crippen molar-refractivity contribution in [1.29, 1.82) is 5.26 Å². The molecule has 2 aromatic heterocycles. The van der Waals surface area contributed by atoms with Crippen LogP contribution in [0.15, 0.2) is 59.7 Å². The standard InChI is InChI=1S/C16H11BrN4/c17-16-7-13(5-6-20-16)10-21-11-19-9-15(21)14-3-1-12(8-18)2-4-14/h1-7,9,11H,10H2. The molecule has 5 heteroatoms. The van der Waals surface area contributed by atoms with Gasteiger partial charge in [0.1, 0.15) is 4.60 Å². The topological polar surface area (TPSA) is 54.5 Å². The highest BCUT2D eigenvalue weighted by Crippen LogP contribution is 2.21. The first-order valence-corrected chi connectivity index (χ1v) is 7.16. The van der Waals surface area contributed by atoms with Crippen molar-refractivity contribution in [1.82, 2.24) is 14.5 Å². The van der Waals surface area contributed by atoms with Gasteiger partial charge in [-0.1, -0.05) is 12.1 Å². The summed E-state index contributed by atoms with van der Waals surface area (Å²) in [4.78, 5) is 8.36. The molecule has 0 aliphatic heterocycles. The SMILES string of the molecule is N#Cc1ccc(-c2cncn2Cc2ccnc(Br)c2)cc1. The summed E-state index contributed by atoms with van der Waals surface area (Å²) in [5.41, 5.74) is 3.86. The molecule has 0 aliphatic rings. The summed E-state index contributed by atoms with van der Waals surface area (Å²) < 4.78 is 2.89. The van der Waals surface area contributed by atoms with E-state index in [1.165, 1.54) is 0 Å². The van der Waals surface area contributed by atoms with Crippen LogP contribution in [0.1, 0.15) is 11.1 Å². The lowest BCUT2D eigenvalue weighted by atomic mass is 10.1. The molecule has 3 aromatic rings. The molecule has 1 aromatic carbocycles. The highest BCUT2D eigenvalue weighted by atomic mass is 79.9. The molecule has 0 fully saturated rings. The number of hydrogen-bond acceptors (Lipinski definition) is 3. The largest absolute Gasteiger partial charge is 0.326 e. The number of benzene rings is 1. The lowest BCUT2D eigenvalue weighted by molar-refractivity contribution is 0.802. The van der Waals surface area contributed by atoms with E-state index in [1.54, 1.807) is 6.20 Å². The van der Waals surface area contributed by atoms with Gasteiger partial charge in [0, 0.05) is 12.7 Å². The van der Waals surface area contributed by atoms with Gasteiger partial charge in [-0.2, -0.15) is 5.26 Å². The number of nitrogens with zero attached hydrogens (tertiary/aromatic N) is 4. The zero-order valence-electron chi connectivity index (χ0n) is 11.1. The van der Waals surface area contributed by atoms with E-state index in [0.29, 0.717) is 5.56 Å². The predicted molar refractivity (Wildman–Crippen MR) is 83.4 cm³/mol. The van der Waals surface area contributed by atoms with Crippen LogP contribution in [0.5, 0.6) is 0 Å². The molecule has 2 heterocycles. The van der Waals surface area contributed by atoms with E-state index < -0.39 is 0 Å². The van der Waals surface area contributed by atoms with Crippen LogP contribution >= 0.6 is 15.9 Å². The molecule has 3 rings (SSSR count). The number of rotatable bonds is 3. The Kier molecular flexibility index (Phi) is 3.80. The van der Waals surface area contributed by atoms with Crippen LogP contribution in [0.25, 0.3) is 11.3 Å². The second-order valence-electron chi connectivity index (χ2n) is 4.58. The van der Waals surface area contributed by atoms with E-state index in [9.17, 15) is 0 Å². The van der Waals surface area contributed by atoms with Gasteiger partial charge in [-0.15, -0.1) is 0 Å². The zero-order chi connectivity index (χ0) is 14.7. The minimum atomic E-state index is 0.655. The maximum absolute atomic E-state index is 8.86. The van der Waals surface area contributed by atoms with Crippen molar-refractivity contribution < 1.29 is 0 Å². The third-order valence-electron chi connectivity index (χ3n) is 3.17. The second kappa shape index (κ2) is 5.90. The minimum absolute atomic E-state index is 0.655. The van der Waals surface area contributed by atoms with Gasteiger partial charge in [0.05, 0.1) is 29.9 Å². The fraction of sp³-hybridized carbons (Fsp3) is 0.0625. The van der Waals surface area contributed by atoms with E-state index in [1.807, 2.05) is 48.9 Å². The van der Waals surface area contributed by atoms with E-state index in [2.05, 4.69) is 36.5 Å². The molecule has 0 N–H and O–H groups in total. The van der Waals surface area contributed by atoms with Crippen LogP contribution in [-0.2, 0) is 6.54 Å². The van der Waals surface area contributed by atoms with Gasteiger partial charge in [0.2, 0.25) is 0 Å². The number of imidazole rings is 1. The Labute approximate surface area is 130 Å². The molecule has 0 saturated heterocycles. The van der Waals surface area contributed by atoms with Gasteiger partial charge >= 0.3 is 0 Å². The molecule has 0 radical (unpaired) electrons. The van der Waals surface area contributed by atoms with Crippen LogP contribution in [-0.4, -0.2) is 14.5 Å². The van der Waals surface area contributed by atoms with Crippen LogP contribution in [0, 0.1) is 11.3 Å². The quantitative estimate of drug-likeness (QED) is 0.685. The Morgan fingerprint density at radius 1 is 1.19 bits per heavy atom. The van der Waals surface area contributed by atoms with E-state index in [4.69, 9.17) is 5.26 Å². The van der Waals surface area contributed by atoms with E-state index in [-0.39, 0.29) is 0 Å². The van der Waals surface area contributed by atoms with Crippen LogP contribution in [0.4, 0.5) is 0 Å². The van der Waals surface area contributed by atoms with E-state index >= 15 is 0 Å². The zero-order valence-corrected chi connectivity index (χ0v) is 12.7. The summed E-state index contributed by atoms with van der Waals surface area (Å²) >= 11 is 3.38. The Morgan fingerprint density at radius 3 is 2.71 bits per heavy atom. The van der Waals surface area contributed by atoms with Gasteiger partial charge in [0.15, 0.2) is 0 Å². The van der Waals surface area contributed by atoms with Crippen molar-refractivity contribution in [2.24, 2.45) is 0 Å². The molecule has 0 atom stereocenters. The van der Waals surface area contributed by atoms with Crippen molar-refractivity contribution in [2.45, 2.75) is 6.54 Å². The lowest BCUT2D eigenvalue weighted by Gasteiger charge is -2.08. The average Bonchev–Trinajstić information content (AvgIpc) is 2.95. The molecule has 0 unspecified atom stereocenters. The number of hydrogen-bond donors (Lipinski definition) is 0. The highest BCUT2D eigenvalue weighted by molar-refractivity contribution is 9.10. The third-order valence-corrected chi connectivity index (χ3v) is 3.60. The molecule has 0 aliphatic carbocycles. The lowest BCUT2D eigenvalue weighted by Crippen LogP contribution is -2.00. The van der Waals surface area contributed by atoms with Crippen molar-refractivity contribution >= 4 is 15.9 Å². The Balaban J connectivity index is 1.91. The molecule has 21 heavy (non-hydrogen) atoms. The molecular formula is C16H11BrN4. The van der Waals surface area contributed by atoms with Crippen molar-refractivity contribution in [3.8, 4) is 17.3 Å². The molecule has 4 nitrogen and oxygen atoms in total. The first kappa shape index (κ1) is 13.5. The maximum atomic E-state index is 8.86. The van der Waals surface area contributed by atoms with Gasteiger partial charge in [-0.25, -0.2) is 9.97 Å². The second-order valence-corrected chi connectivity index (χ2v) is 5.40. The number of nitriles is 1. The summed E-state index contributed by atoms with van der Waals surface area (Å²) in [6.07, 6.45) is 5.41. The molecule has 0 amide bonds. The first-order valence-electron chi connectivity index (χ1n) is 6.37. The predicted octanol–water partition coefficient (Wildman–Crippen LogP) is 3.63. The van der Waals surface area contributed by atoms with Crippen LogP contribution in [0.3, 0.4) is 0 Å². The van der Waals surface area contributed by atoms with Crippen LogP contribution < -0.4 is 0 Å². The van der Waals surface area contributed by atoms with Gasteiger partial charge < -0.3 is 4.57 Å². The van der Waals surface area contributed by atoms with Crippen molar-refractivity contribution in [3.05, 3.63) is 70.8 Å². The monoisotopic (exact) mass is 338 g/mol. The third kappa shape index (κ3) is 3.01. The summed E-state index contributed by atoms with van der Waals surface area (Å²) in [6, 6.07) is 13.6. The van der Waals surface area contributed by atoms with Gasteiger partial charge in [-0.3, -0.25) is 0 Å². The van der Waals surface area contributed by atoms with Crippen LogP contribution in [0.2, 0.25) is 0 Å². The molecule has 0 bridgehead atoms. The number of aromatic nitrogens is 3. The van der Waals surface area contributed by atoms with Crippen molar-refractivity contribution in [3.63, 3.8) is 0 Å². The summed E-state index contributed by atoms with van der Waals surface area (Å²) in [7, 11) is 0. The number of halogens is 1. The Bertz CT molecular complexity index is 800. The first-order chi connectivity index (χ1) is 10.3. The Morgan fingerprint density at radius 2 is 2.00 bits per heavy atom. The highest BCUT2D eigenvalue weighted by Gasteiger charge is 2.06. The molecular weight excluding hydrogens is 328 g/mol. The molecule has 102 valence electrons. The molecule has 0 spiro atoms. The summed E-state index contributed by atoms with van der Waals surface area (Å²) in [5.74, 6) is 0. The maximum Gasteiger partial charge on any atom is 0.106 e. The van der Waals surface area contributed by atoms with Gasteiger partial charge in [-0.05, 0) is 51.3 Å². The average molecular weight is 339 g/mol. The van der Waals surface area contributed by atoms with E-state index in [0.717, 1.165) is 28.0 Å². The fourth-order valence-corrected chi connectivity index (χ4v) is 2.55.